The standard InChI is InChI=1S/C9H15N3O/c1-7(2)12-6-9(5-10-13-4)8(3)11-12/h5-7H,1-4H3/b10-5+. The third kappa shape index (κ3) is 2.31. The Bertz CT molecular complexity index is 302. The highest BCUT2D eigenvalue weighted by Crippen LogP contribution is 2.08. The van der Waals surface area contributed by atoms with Crippen molar-refractivity contribution in [2.75, 3.05) is 7.11 Å². The van der Waals surface area contributed by atoms with Crippen LogP contribution in [0.15, 0.2) is 11.4 Å². The molecule has 0 unspecified atom stereocenters. The zero-order valence-electron chi connectivity index (χ0n) is 8.48. The van der Waals surface area contributed by atoms with Gasteiger partial charge in [-0.15, -0.1) is 0 Å². The molecule has 0 fully saturated rings. The second-order valence-electron chi connectivity index (χ2n) is 3.16. The van der Waals surface area contributed by atoms with E-state index in [0.29, 0.717) is 6.04 Å². The summed E-state index contributed by atoms with van der Waals surface area (Å²) >= 11 is 0. The van der Waals surface area contributed by atoms with Crippen molar-refractivity contribution in [3.63, 3.8) is 0 Å². The van der Waals surface area contributed by atoms with Crippen LogP contribution in [-0.2, 0) is 4.84 Å². The summed E-state index contributed by atoms with van der Waals surface area (Å²) in [5.74, 6) is 0. The third-order valence-corrected chi connectivity index (χ3v) is 1.78. The lowest BCUT2D eigenvalue weighted by molar-refractivity contribution is 0.215. The number of rotatable bonds is 3. The molecule has 0 N–H and O–H groups in total. The average Bonchev–Trinajstić information content (AvgIpc) is 2.44. The summed E-state index contributed by atoms with van der Waals surface area (Å²) < 4.78 is 1.91. The van der Waals surface area contributed by atoms with Gasteiger partial charge in [0, 0.05) is 17.8 Å². The lowest BCUT2D eigenvalue weighted by Crippen LogP contribution is -2.00. The van der Waals surface area contributed by atoms with Gasteiger partial charge < -0.3 is 4.84 Å². The van der Waals surface area contributed by atoms with Crippen molar-refractivity contribution in [2.24, 2.45) is 5.16 Å². The highest BCUT2D eigenvalue weighted by Gasteiger charge is 2.04. The van der Waals surface area contributed by atoms with Crippen molar-refractivity contribution >= 4 is 6.21 Å². The first-order chi connectivity index (χ1) is 6.15. The first-order valence-corrected chi connectivity index (χ1v) is 4.27. The van der Waals surface area contributed by atoms with Crippen LogP contribution >= 0.6 is 0 Å². The fourth-order valence-electron chi connectivity index (χ4n) is 0.997. The molecule has 0 aliphatic heterocycles. The van der Waals surface area contributed by atoms with Crippen LogP contribution in [0.5, 0.6) is 0 Å². The Kier molecular flexibility index (Phi) is 3.06. The largest absolute Gasteiger partial charge is 0.399 e. The van der Waals surface area contributed by atoms with Gasteiger partial charge >= 0.3 is 0 Å². The Balaban J connectivity index is 2.90. The summed E-state index contributed by atoms with van der Waals surface area (Å²) in [7, 11) is 1.53. The molecule has 4 nitrogen and oxygen atoms in total. The molecule has 0 aromatic carbocycles. The van der Waals surface area contributed by atoms with E-state index in [1.165, 1.54) is 7.11 Å². The van der Waals surface area contributed by atoms with Crippen molar-refractivity contribution in [1.82, 2.24) is 9.78 Å². The number of oxime groups is 1. The van der Waals surface area contributed by atoms with Crippen molar-refractivity contribution in [3.05, 3.63) is 17.5 Å². The van der Waals surface area contributed by atoms with E-state index in [9.17, 15) is 0 Å². The van der Waals surface area contributed by atoms with E-state index in [1.54, 1.807) is 6.21 Å². The minimum Gasteiger partial charge on any atom is -0.399 e. The Hall–Kier alpha value is -1.32. The summed E-state index contributed by atoms with van der Waals surface area (Å²) in [5, 5.41) is 8.03. The Morgan fingerprint density at radius 3 is 2.77 bits per heavy atom. The van der Waals surface area contributed by atoms with Crippen LogP contribution in [0.3, 0.4) is 0 Å². The minimum atomic E-state index is 0.378. The van der Waals surface area contributed by atoms with E-state index in [-0.39, 0.29) is 0 Å². The zero-order chi connectivity index (χ0) is 9.84. The molecule has 0 saturated heterocycles. The average molecular weight is 181 g/mol. The molecule has 0 spiro atoms. The maximum absolute atomic E-state index is 4.60. The highest BCUT2D eigenvalue weighted by atomic mass is 16.6. The minimum absolute atomic E-state index is 0.378. The maximum Gasteiger partial charge on any atom is 0.106 e. The van der Waals surface area contributed by atoms with Gasteiger partial charge in [-0.25, -0.2) is 0 Å². The van der Waals surface area contributed by atoms with Crippen molar-refractivity contribution in [2.45, 2.75) is 26.8 Å². The number of aryl methyl sites for hydroxylation is 1. The molecule has 0 amide bonds. The van der Waals surface area contributed by atoms with Crippen LogP contribution in [0.1, 0.15) is 31.1 Å². The molecule has 0 bridgehead atoms. The number of hydrogen-bond acceptors (Lipinski definition) is 3. The van der Waals surface area contributed by atoms with Crippen LogP contribution in [0.2, 0.25) is 0 Å². The van der Waals surface area contributed by atoms with Gasteiger partial charge in [0.2, 0.25) is 0 Å². The molecular formula is C9H15N3O. The molecule has 1 aromatic heterocycles. The predicted molar refractivity (Wildman–Crippen MR) is 52.0 cm³/mol. The normalized spacial score (nSPS) is 11.5. The van der Waals surface area contributed by atoms with E-state index in [1.807, 2.05) is 17.8 Å². The zero-order valence-corrected chi connectivity index (χ0v) is 8.48. The fraction of sp³-hybridized carbons (Fsp3) is 0.556. The van der Waals surface area contributed by atoms with E-state index < -0.39 is 0 Å². The van der Waals surface area contributed by atoms with Gasteiger partial charge in [0.05, 0.1) is 11.9 Å². The van der Waals surface area contributed by atoms with Crippen LogP contribution in [0, 0.1) is 6.92 Å². The second-order valence-corrected chi connectivity index (χ2v) is 3.16. The van der Waals surface area contributed by atoms with E-state index >= 15 is 0 Å². The van der Waals surface area contributed by atoms with E-state index in [0.717, 1.165) is 11.3 Å². The lowest BCUT2D eigenvalue weighted by Gasteiger charge is -2.02. The molecule has 13 heavy (non-hydrogen) atoms. The van der Waals surface area contributed by atoms with Crippen LogP contribution < -0.4 is 0 Å². The first-order valence-electron chi connectivity index (χ1n) is 4.27. The maximum atomic E-state index is 4.60. The van der Waals surface area contributed by atoms with E-state index in [2.05, 4.69) is 28.9 Å². The Morgan fingerprint density at radius 2 is 2.31 bits per heavy atom. The molecule has 4 heteroatoms. The molecule has 1 rings (SSSR count). The summed E-state index contributed by atoms with van der Waals surface area (Å²) in [6.45, 7) is 6.13. The van der Waals surface area contributed by atoms with E-state index in [4.69, 9.17) is 0 Å². The van der Waals surface area contributed by atoms with Gasteiger partial charge in [-0.1, -0.05) is 5.16 Å². The lowest BCUT2D eigenvalue weighted by atomic mass is 10.3. The van der Waals surface area contributed by atoms with Gasteiger partial charge in [0.15, 0.2) is 0 Å². The number of aromatic nitrogens is 2. The molecule has 0 atom stereocenters. The number of nitrogens with zero attached hydrogens (tertiary/aromatic N) is 3. The summed E-state index contributed by atoms with van der Waals surface area (Å²) in [6, 6.07) is 0.378. The van der Waals surface area contributed by atoms with Crippen molar-refractivity contribution < 1.29 is 4.84 Å². The molecule has 0 aliphatic carbocycles. The molecule has 72 valence electrons. The van der Waals surface area contributed by atoms with Crippen molar-refractivity contribution in [3.8, 4) is 0 Å². The van der Waals surface area contributed by atoms with Gasteiger partial charge in [-0.3, -0.25) is 4.68 Å². The van der Waals surface area contributed by atoms with Crippen molar-refractivity contribution in [1.29, 1.82) is 0 Å². The molecular weight excluding hydrogens is 166 g/mol. The molecule has 1 aromatic rings. The Labute approximate surface area is 78.2 Å². The van der Waals surface area contributed by atoms with Crippen LogP contribution in [0.25, 0.3) is 0 Å². The fourth-order valence-corrected chi connectivity index (χ4v) is 0.997. The van der Waals surface area contributed by atoms with Gasteiger partial charge in [-0.2, -0.15) is 5.10 Å². The first kappa shape index (κ1) is 9.77. The Morgan fingerprint density at radius 1 is 1.62 bits per heavy atom. The summed E-state index contributed by atoms with van der Waals surface area (Å²) in [5.41, 5.74) is 1.96. The summed E-state index contributed by atoms with van der Waals surface area (Å²) in [6.07, 6.45) is 3.63. The monoisotopic (exact) mass is 181 g/mol. The predicted octanol–water partition coefficient (Wildman–Crippen LogP) is 1.75. The topological polar surface area (TPSA) is 39.4 Å². The van der Waals surface area contributed by atoms with Gasteiger partial charge in [0.1, 0.15) is 7.11 Å². The van der Waals surface area contributed by atoms with Gasteiger partial charge in [-0.05, 0) is 20.8 Å². The molecule has 0 saturated carbocycles. The van der Waals surface area contributed by atoms with Crippen LogP contribution in [0.4, 0.5) is 0 Å². The smallest absolute Gasteiger partial charge is 0.106 e. The SMILES string of the molecule is CO/N=C/c1cn(C(C)C)nc1C. The number of hydrogen-bond donors (Lipinski definition) is 0. The third-order valence-electron chi connectivity index (χ3n) is 1.78. The molecule has 0 radical (unpaired) electrons. The van der Waals surface area contributed by atoms with Gasteiger partial charge in [0.25, 0.3) is 0 Å². The molecule has 0 aliphatic rings. The second kappa shape index (κ2) is 4.07. The summed E-state index contributed by atoms with van der Waals surface area (Å²) in [4.78, 5) is 4.60. The quantitative estimate of drug-likeness (QED) is 0.526. The molecule has 1 heterocycles. The van der Waals surface area contributed by atoms with Crippen LogP contribution in [-0.4, -0.2) is 23.1 Å². The highest BCUT2D eigenvalue weighted by molar-refractivity contribution is 5.80.